The van der Waals surface area contributed by atoms with Crippen molar-refractivity contribution in [2.24, 2.45) is 0 Å². The zero-order chi connectivity index (χ0) is 15.0. The fourth-order valence-electron chi connectivity index (χ4n) is 2.14. The number of hydrogen-bond acceptors (Lipinski definition) is 6. The Hall–Kier alpha value is -1.70. The number of anilines is 1. The summed E-state index contributed by atoms with van der Waals surface area (Å²) in [5, 5.41) is 3.23. The first kappa shape index (κ1) is 14.2. The zero-order valence-corrected chi connectivity index (χ0v) is 13.1. The molecule has 5 nitrogen and oxygen atoms in total. The Kier molecular flexibility index (Phi) is 3.79. The Bertz CT molecular complexity index is 714. The number of ketones is 1. The maximum atomic E-state index is 12.5. The second kappa shape index (κ2) is 5.59. The molecule has 1 aliphatic heterocycles. The molecule has 1 amide bonds. The average Bonchev–Trinajstić information content (AvgIpc) is 2.84. The van der Waals surface area contributed by atoms with Crippen LogP contribution in [0, 0.1) is 6.92 Å². The van der Waals surface area contributed by atoms with Crippen molar-refractivity contribution in [1.29, 1.82) is 0 Å². The normalized spacial score (nSPS) is 18.4. The topological polar surface area (TPSA) is 62.3 Å². The van der Waals surface area contributed by atoms with Gasteiger partial charge >= 0.3 is 0 Å². The number of thiazole rings is 1. The minimum atomic E-state index is -0.839. The first-order valence-electron chi connectivity index (χ1n) is 6.33. The van der Waals surface area contributed by atoms with Gasteiger partial charge in [-0.15, -0.1) is 11.3 Å². The molecule has 1 atom stereocenters. The fourth-order valence-corrected chi connectivity index (χ4v) is 3.82. The second-order valence-electron chi connectivity index (χ2n) is 4.67. The minimum absolute atomic E-state index is 0.183. The van der Waals surface area contributed by atoms with Gasteiger partial charge in [0.1, 0.15) is 0 Å². The molecule has 2 aromatic rings. The molecule has 1 aliphatic rings. The summed E-state index contributed by atoms with van der Waals surface area (Å²) in [4.78, 5) is 30.9. The Labute approximate surface area is 130 Å². The van der Waals surface area contributed by atoms with E-state index in [1.807, 2.05) is 25.1 Å². The van der Waals surface area contributed by atoms with Gasteiger partial charge in [-0.2, -0.15) is 0 Å². The molecule has 21 heavy (non-hydrogen) atoms. The highest BCUT2D eigenvalue weighted by atomic mass is 32.2. The number of aromatic nitrogens is 1. The standard InChI is InChI=1S/C14H13N3O2S2/c1-8-7-15-14(20-8)16-13(19)11-12(18)9-5-3-4-6-10(9)21-17(11)2/h3-7,11H,1-2H3,(H,15,16,19). The third-order valence-electron chi connectivity index (χ3n) is 3.11. The Morgan fingerprint density at radius 2 is 2.14 bits per heavy atom. The van der Waals surface area contributed by atoms with Crippen molar-refractivity contribution in [2.45, 2.75) is 17.9 Å². The molecule has 0 saturated carbocycles. The summed E-state index contributed by atoms with van der Waals surface area (Å²) in [6.07, 6.45) is 1.69. The van der Waals surface area contributed by atoms with Crippen LogP contribution in [-0.2, 0) is 4.79 Å². The van der Waals surface area contributed by atoms with E-state index in [9.17, 15) is 9.59 Å². The van der Waals surface area contributed by atoms with Crippen molar-refractivity contribution in [2.75, 3.05) is 12.4 Å². The van der Waals surface area contributed by atoms with Gasteiger partial charge in [0.15, 0.2) is 17.0 Å². The van der Waals surface area contributed by atoms with Crippen LogP contribution in [0.2, 0.25) is 0 Å². The summed E-state index contributed by atoms with van der Waals surface area (Å²) in [6.45, 7) is 1.91. The highest BCUT2D eigenvalue weighted by molar-refractivity contribution is 7.97. The van der Waals surface area contributed by atoms with Crippen LogP contribution in [0.3, 0.4) is 0 Å². The van der Waals surface area contributed by atoms with Gasteiger partial charge in [0.25, 0.3) is 5.91 Å². The molecular formula is C14H13N3O2S2. The van der Waals surface area contributed by atoms with Crippen LogP contribution in [0.15, 0.2) is 35.4 Å². The van der Waals surface area contributed by atoms with Crippen LogP contribution >= 0.6 is 23.3 Å². The zero-order valence-electron chi connectivity index (χ0n) is 11.5. The largest absolute Gasteiger partial charge is 0.300 e. The summed E-state index contributed by atoms with van der Waals surface area (Å²) in [5.41, 5.74) is 0.594. The number of benzene rings is 1. The fraction of sp³-hybridized carbons (Fsp3) is 0.214. The van der Waals surface area contributed by atoms with Crippen LogP contribution in [0.5, 0.6) is 0 Å². The number of carbonyl (C=O) groups is 2. The van der Waals surface area contributed by atoms with Gasteiger partial charge < -0.3 is 5.32 Å². The third-order valence-corrected chi connectivity index (χ3v) is 4.99. The number of fused-ring (bicyclic) bond motifs is 1. The highest BCUT2D eigenvalue weighted by Crippen LogP contribution is 2.34. The Morgan fingerprint density at radius 1 is 1.38 bits per heavy atom. The van der Waals surface area contributed by atoms with E-state index in [2.05, 4.69) is 10.3 Å². The molecule has 0 fully saturated rings. The van der Waals surface area contributed by atoms with Gasteiger partial charge in [0.2, 0.25) is 0 Å². The Balaban J connectivity index is 1.85. The molecule has 1 aromatic heterocycles. The summed E-state index contributed by atoms with van der Waals surface area (Å²) >= 11 is 2.79. The highest BCUT2D eigenvalue weighted by Gasteiger charge is 2.37. The van der Waals surface area contributed by atoms with Gasteiger partial charge in [-0.25, -0.2) is 9.29 Å². The second-order valence-corrected chi connectivity index (χ2v) is 7.10. The van der Waals surface area contributed by atoms with Gasteiger partial charge in [-0.05, 0) is 32.0 Å². The lowest BCUT2D eigenvalue weighted by Crippen LogP contribution is -2.46. The van der Waals surface area contributed by atoms with E-state index >= 15 is 0 Å². The van der Waals surface area contributed by atoms with Crippen molar-refractivity contribution >= 4 is 40.1 Å². The van der Waals surface area contributed by atoms with E-state index in [1.165, 1.54) is 23.3 Å². The van der Waals surface area contributed by atoms with E-state index in [0.717, 1.165) is 9.77 Å². The number of hydrogen-bond donors (Lipinski definition) is 1. The van der Waals surface area contributed by atoms with E-state index in [-0.39, 0.29) is 11.7 Å². The van der Waals surface area contributed by atoms with Crippen LogP contribution in [-0.4, -0.2) is 34.1 Å². The number of aryl methyl sites for hydroxylation is 1. The van der Waals surface area contributed by atoms with Crippen molar-refractivity contribution in [1.82, 2.24) is 9.29 Å². The lowest BCUT2D eigenvalue weighted by Gasteiger charge is -2.30. The third kappa shape index (κ3) is 2.72. The number of Topliss-reactive ketones (excluding diaryl/α,β-unsaturated/α-hetero) is 1. The number of nitrogens with zero attached hydrogens (tertiary/aromatic N) is 2. The molecular weight excluding hydrogens is 306 g/mol. The molecule has 1 unspecified atom stereocenters. The maximum absolute atomic E-state index is 12.5. The molecule has 0 spiro atoms. The molecule has 7 heteroatoms. The van der Waals surface area contributed by atoms with Gasteiger partial charge in [0.05, 0.1) is 0 Å². The van der Waals surface area contributed by atoms with E-state index in [0.29, 0.717) is 10.7 Å². The SMILES string of the molecule is Cc1cnc(NC(=O)C2C(=O)c3ccccc3SN2C)s1. The van der Waals surface area contributed by atoms with E-state index in [1.54, 1.807) is 23.6 Å². The molecule has 3 rings (SSSR count). The number of carbonyl (C=O) groups excluding carboxylic acids is 2. The smallest absolute Gasteiger partial charge is 0.252 e. The van der Waals surface area contributed by atoms with Gasteiger partial charge in [0, 0.05) is 21.5 Å². The predicted molar refractivity (Wildman–Crippen MR) is 83.7 cm³/mol. The summed E-state index contributed by atoms with van der Waals surface area (Å²) < 4.78 is 1.68. The molecule has 1 aromatic carbocycles. The number of nitrogens with one attached hydrogen (secondary N) is 1. The molecule has 108 valence electrons. The van der Waals surface area contributed by atoms with Crippen LogP contribution < -0.4 is 5.32 Å². The lowest BCUT2D eigenvalue weighted by atomic mass is 10.0. The average molecular weight is 319 g/mol. The molecule has 2 heterocycles. The molecule has 0 radical (unpaired) electrons. The van der Waals surface area contributed by atoms with Crippen molar-refractivity contribution in [3.63, 3.8) is 0 Å². The van der Waals surface area contributed by atoms with Crippen molar-refractivity contribution < 1.29 is 9.59 Å². The van der Waals surface area contributed by atoms with E-state index < -0.39 is 6.04 Å². The number of likely N-dealkylation sites (N-methyl/N-ethyl adjacent to an activating group) is 1. The molecule has 0 aliphatic carbocycles. The van der Waals surface area contributed by atoms with Crippen LogP contribution in [0.4, 0.5) is 5.13 Å². The van der Waals surface area contributed by atoms with Crippen molar-refractivity contribution in [3.05, 3.63) is 40.9 Å². The first-order chi connectivity index (χ1) is 10.1. The number of amides is 1. The maximum Gasteiger partial charge on any atom is 0.252 e. The van der Waals surface area contributed by atoms with Crippen molar-refractivity contribution in [3.8, 4) is 0 Å². The molecule has 0 bridgehead atoms. The monoisotopic (exact) mass is 319 g/mol. The molecule has 0 saturated heterocycles. The molecule has 1 N–H and O–H groups in total. The Morgan fingerprint density at radius 3 is 2.86 bits per heavy atom. The quantitative estimate of drug-likeness (QED) is 0.681. The summed E-state index contributed by atoms with van der Waals surface area (Å²) in [5.74, 6) is -0.531. The van der Waals surface area contributed by atoms with Crippen LogP contribution in [0.25, 0.3) is 0 Å². The summed E-state index contributed by atoms with van der Waals surface area (Å²) in [6, 6.07) is 6.49. The predicted octanol–water partition coefficient (Wildman–Crippen LogP) is 2.59. The van der Waals surface area contributed by atoms with Crippen LogP contribution in [0.1, 0.15) is 15.2 Å². The number of rotatable bonds is 2. The van der Waals surface area contributed by atoms with Gasteiger partial charge in [-0.3, -0.25) is 9.59 Å². The van der Waals surface area contributed by atoms with E-state index in [4.69, 9.17) is 0 Å². The minimum Gasteiger partial charge on any atom is -0.300 e. The van der Waals surface area contributed by atoms with Gasteiger partial charge in [-0.1, -0.05) is 18.2 Å². The first-order valence-corrected chi connectivity index (χ1v) is 7.92. The summed E-state index contributed by atoms with van der Waals surface area (Å²) in [7, 11) is 1.75. The lowest BCUT2D eigenvalue weighted by molar-refractivity contribution is -0.118.